The van der Waals surface area contributed by atoms with E-state index in [1.165, 1.54) is 6.20 Å². The molecule has 194 valence electrons. The van der Waals surface area contributed by atoms with Gasteiger partial charge in [0.2, 0.25) is 5.62 Å². The van der Waals surface area contributed by atoms with E-state index in [1.807, 2.05) is 16.7 Å². The fourth-order valence-corrected chi connectivity index (χ4v) is 5.37. The van der Waals surface area contributed by atoms with Crippen LogP contribution in [-0.2, 0) is 11.3 Å². The number of anilines is 1. The molecule has 0 saturated carbocycles. The Morgan fingerprint density at radius 1 is 1.30 bits per heavy atom. The highest BCUT2D eigenvalue weighted by Crippen LogP contribution is 2.37. The fraction of sp³-hybridized carbons (Fsp3) is 0.462. The van der Waals surface area contributed by atoms with Crippen molar-refractivity contribution in [2.75, 3.05) is 45.2 Å². The normalized spacial score (nSPS) is 22.1. The van der Waals surface area contributed by atoms with Crippen LogP contribution in [0.25, 0.3) is 10.9 Å². The molecule has 2 saturated heterocycles. The summed E-state index contributed by atoms with van der Waals surface area (Å²) in [7, 11) is 1.55. The van der Waals surface area contributed by atoms with Gasteiger partial charge in [-0.1, -0.05) is 0 Å². The largest absolute Gasteiger partial charge is 0.491 e. The number of carbonyl (C=O) groups is 1. The van der Waals surface area contributed by atoms with E-state index in [4.69, 9.17) is 19.2 Å². The van der Waals surface area contributed by atoms with Crippen molar-refractivity contribution in [1.82, 2.24) is 19.4 Å². The predicted octanol–water partition coefficient (Wildman–Crippen LogP) is 1.21. The standard InChI is InChI=1S/C26H30N6O5/c1-35-23-21(36-15-17(33)12-31-13-18-4-5-19(14-31)37-18)7-6-20-22(23)29-26(32-10-9-28-24(20)32)30-25(34)16-3-2-8-27-11-16/h2-3,6-8,11,17-19,28,33H,4-5,9-10,12-15H2,1H3/t17-,18?,19?/m1/s1. The summed E-state index contributed by atoms with van der Waals surface area (Å²) in [5.74, 6) is 1.29. The number of aliphatic hydroxyl groups excluding tert-OH is 1. The van der Waals surface area contributed by atoms with Gasteiger partial charge in [-0.25, -0.2) is 4.98 Å². The number of nitrogens with one attached hydrogen (secondary N) is 1. The van der Waals surface area contributed by atoms with Gasteiger partial charge in [0.25, 0.3) is 5.91 Å². The number of nitrogens with zero attached hydrogens (tertiary/aromatic N) is 5. The highest BCUT2D eigenvalue weighted by atomic mass is 16.5. The van der Waals surface area contributed by atoms with E-state index in [9.17, 15) is 9.90 Å². The van der Waals surface area contributed by atoms with Crippen LogP contribution in [-0.4, -0.2) is 88.7 Å². The van der Waals surface area contributed by atoms with Crippen molar-refractivity contribution in [3.05, 3.63) is 47.8 Å². The molecule has 0 aliphatic carbocycles. The van der Waals surface area contributed by atoms with Crippen molar-refractivity contribution in [1.29, 1.82) is 0 Å². The zero-order valence-corrected chi connectivity index (χ0v) is 20.7. The molecule has 3 aliphatic heterocycles. The third-order valence-electron chi connectivity index (χ3n) is 7.03. The average molecular weight is 507 g/mol. The van der Waals surface area contributed by atoms with Crippen LogP contribution in [0.3, 0.4) is 0 Å². The monoisotopic (exact) mass is 506 g/mol. The topological polar surface area (TPSA) is 123 Å². The molecular weight excluding hydrogens is 476 g/mol. The SMILES string of the molecule is COc1c(OC[C@H](O)CN2CC3CCC(C2)O3)ccc2c3n(c(=NC(=O)c4cccnc4)nc12)CCN3. The van der Waals surface area contributed by atoms with E-state index < -0.39 is 12.0 Å². The number of hydrogen-bond donors (Lipinski definition) is 2. The van der Waals surface area contributed by atoms with Crippen LogP contribution < -0.4 is 20.4 Å². The number of hydrogen-bond acceptors (Lipinski definition) is 9. The summed E-state index contributed by atoms with van der Waals surface area (Å²) >= 11 is 0. The van der Waals surface area contributed by atoms with Crippen molar-refractivity contribution < 1.29 is 24.1 Å². The molecule has 3 atom stereocenters. The van der Waals surface area contributed by atoms with E-state index in [1.54, 1.807) is 25.4 Å². The van der Waals surface area contributed by atoms with Gasteiger partial charge in [0.05, 0.1) is 24.9 Å². The Balaban J connectivity index is 1.27. The molecule has 2 unspecified atom stereocenters. The van der Waals surface area contributed by atoms with Crippen LogP contribution in [0.2, 0.25) is 0 Å². The van der Waals surface area contributed by atoms with Crippen LogP contribution in [0.5, 0.6) is 11.5 Å². The molecule has 6 rings (SSSR count). The number of morpholine rings is 1. The van der Waals surface area contributed by atoms with Crippen LogP contribution in [0.4, 0.5) is 5.82 Å². The minimum absolute atomic E-state index is 0.114. The maximum absolute atomic E-state index is 12.8. The van der Waals surface area contributed by atoms with Crippen LogP contribution in [0.15, 0.2) is 41.7 Å². The van der Waals surface area contributed by atoms with E-state index in [0.29, 0.717) is 42.2 Å². The zero-order chi connectivity index (χ0) is 25.4. The Morgan fingerprint density at radius 3 is 2.89 bits per heavy atom. The van der Waals surface area contributed by atoms with Crippen LogP contribution in [0, 0.1) is 0 Å². The molecule has 2 bridgehead atoms. The number of likely N-dealkylation sites (tertiary alicyclic amines) is 1. The minimum Gasteiger partial charge on any atom is -0.491 e. The Bertz CT molecular complexity index is 1370. The third-order valence-corrected chi connectivity index (χ3v) is 7.03. The molecule has 3 aromatic rings. The van der Waals surface area contributed by atoms with Gasteiger partial charge in [-0.2, -0.15) is 4.99 Å². The molecule has 37 heavy (non-hydrogen) atoms. The van der Waals surface area contributed by atoms with Crippen molar-refractivity contribution in [2.24, 2.45) is 4.99 Å². The van der Waals surface area contributed by atoms with Gasteiger partial charge >= 0.3 is 0 Å². The van der Waals surface area contributed by atoms with Gasteiger partial charge in [0, 0.05) is 50.5 Å². The maximum Gasteiger partial charge on any atom is 0.281 e. The van der Waals surface area contributed by atoms with Gasteiger partial charge < -0.3 is 24.6 Å². The summed E-state index contributed by atoms with van der Waals surface area (Å²) in [5.41, 5.74) is 1.19. The van der Waals surface area contributed by atoms with Gasteiger partial charge in [-0.3, -0.25) is 19.2 Å². The molecule has 0 spiro atoms. The number of aliphatic hydroxyl groups is 1. The first-order valence-electron chi connectivity index (χ1n) is 12.6. The second-order valence-corrected chi connectivity index (χ2v) is 9.63. The lowest BCUT2D eigenvalue weighted by Crippen LogP contribution is -2.46. The highest BCUT2D eigenvalue weighted by molar-refractivity contribution is 5.96. The summed E-state index contributed by atoms with van der Waals surface area (Å²) in [6.07, 6.45) is 5.16. The lowest BCUT2D eigenvalue weighted by atomic mass is 10.2. The first-order valence-corrected chi connectivity index (χ1v) is 12.6. The number of ether oxygens (including phenoxy) is 3. The number of rotatable bonds is 7. The fourth-order valence-electron chi connectivity index (χ4n) is 5.37. The molecule has 1 amide bonds. The first kappa shape index (κ1) is 23.8. The lowest BCUT2D eigenvalue weighted by Gasteiger charge is -2.33. The van der Waals surface area contributed by atoms with Crippen molar-refractivity contribution in [3.8, 4) is 11.5 Å². The van der Waals surface area contributed by atoms with Gasteiger partial charge in [-0.05, 0) is 37.1 Å². The second-order valence-electron chi connectivity index (χ2n) is 9.63. The van der Waals surface area contributed by atoms with Crippen molar-refractivity contribution >= 4 is 22.6 Å². The van der Waals surface area contributed by atoms with E-state index in [-0.39, 0.29) is 24.4 Å². The first-order chi connectivity index (χ1) is 18.1. The minimum atomic E-state index is -0.661. The Kier molecular flexibility index (Phi) is 6.49. The Morgan fingerprint density at radius 2 is 2.14 bits per heavy atom. The number of amides is 1. The number of pyridine rings is 1. The summed E-state index contributed by atoms with van der Waals surface area (Å²) in [6, 6.07) is 7.09. The molecule has 3 aliphatic rings. The second kappa shape index (κ2) is 10.1. The summed E-state index contributed by atoms with van der Waals surface area (Å²) in [6.45, 7) is 3.66. The van der Waals surface area contributed by atoms with Gasteiger partial charge in [-0.15, -0.1) is 0 Å². The van der Waals surface area contributed by atoms with Crippen LogP contribution in [0.1, 0.15) is 23.2 Å². The highest BCUT2D eigenvalue weighted by Gasteiger charge is 2.34. The number of benzene rings is 1. The predicted molar refractivity (Wildman–Crippen MR) is 135 cm³/mol. The number of fused-ring (bicyclic) bond motifs is 5. The number of β-amino-alcohol motifs (C(OH)–C–C–N with tert-alkyl or cyclic N) is 1. The molecule has 11 heteroatoms. The van der Waals surface area contributed by atoms with Crippen molar-refractivity contribution in [2.45, 2.75) is 37.7 Å². The molecule has 1 aromatic carbocycles. The quantitative estimate of drug-likeness (QED) is 0.487. The molecule has 0 radical (unpaired) electrons. The molecule has 2 fully saturated rings. The molecule has 2 aromatic heterocycles. The van der Waals surface area contributed by atoms with Gasteiger partial charge in [0.1, 0.15) is 24.0 Å². The average Bonchev–Trinajstić information content (AvgIpc) is 3.54. The van der Waals surface area contributed by atoms with Gasteiger partial charge in [0.15, 0.2) is 11.5 Å². The lowest BCUT2D eigenvalue weighted by molar-refractivity contribution is -0.0529. The zero-order valence-electron chi connectivity index (χ0n) is 20.7. The summed E-state index contributed by atoms with van der Waals surface area (Å²) in [5, 5.41) is 14.9. The maximum atomic E-state index is 12.8. The summed E-state index contributed by atoms with van der Waals surface area (Å²) < 4.78 is 19.5. The third kappa shape index (κ3) is 4.77. The molecule has 5 heterocycles. The Hall–Kier alpha value is -3.54. The Labute approximate surface area is 213 Å². The smallest absolute Gasteiger partial charge is 0.281 e. The number of aromatic nitrogens is 3. The molecule has 2 N–H and O–H groups in total. The van der Waals surface area contributed by atoms with E-state index in [0.717, 1.165) is 37.1 Å². The van der Waals surface area contributed by atoms with E-state index in [2.05, 4.69) is 20.2 Å². The van der Waals surface area contributed by atoms with E-state index >= 15 is 0 Å². The van der Waals surface area contributed by atoms with Crippen molar-refractivity contribution in [3.63, 3.8) is 0 Å². The number of carbonyl (C=O) groups excluding carboxylic acids is 1. The molecular formula is C26H30N6O5. The van der Waals surface area contributed by atoms with Crippen LogP contribution >= 0.6 is 0 Å². The number of methoxy groups -OCH3 is 1. The summed E-state index contributed by atoms with van der Waals surface area (Å²) in [4.78, 5) is 28.0. The molecule has 11 nitrogen and oxygen atoms in total.